The second kappa shape index (κ2) is 11.3. The highest BCUT2D eigenvalue weighted by atomic mass is 32.2. The Bertz CT molecular complexity index is 2040. The molecule has 2 N–H and O–H groups in total. The molecular weight excluding hydrogens is 588 g/mol. The van der Waals surface area contributed by atoms with Gasteiger partial charge in [0.1, 0.15) is 11.3 Å². The third-order valence-electron chi connectivity index (χ3n) is 8.25. The first-order valence-corrected chi connectivity index (χ1v) is 16.1. The van der Waals surface area contributed by atoms with Crippen LogP contribution in [0.2, 0.25) is 0 Å². The van der Waals surface area contributed by atoms with E-state index in [-0.39, 0.29) is 26.2 Å². The van der Waals surface area contributed by atoms with Gasteiger partial charge in [-0.1, -0.05) is 24.1 Å². The summed E-state index contributed by atoms with van der Waals surface area (Å²) in [5, 5.41) is 19.6. The molecule has 0 unspecified atom stereocenters. The van der Waals surface area contributed by atoms with Crippen LogP contribution < -0.4 is 13.9 Å². The smallest absolute Gasteiger partial charge is 0.455 e. The van der Waals surface area contributed by atoms with E-state index in [9.17, 15) is 23.2 Å². The van der Waals surface area contributed by atoms with Gasteiger partial charge in [-0.15, -0.1) is 9.13 Å². The zero-order valence-corrected chi connectivity index (χ0v) is 25.0. The molecule has 0 amide bonds. The molecule has 4 heterocycles. The molecule has 0 radical (unpaired) electrons. The first-order valence-electron chi connectivity index (χ1n) is 14.6. The zero-order valence-electron chi connectivity index (χ0n) is 24.2. The summed E-state index contributed by atoms with van der Waals surface area (Å²) in [6, 6.07) is 29.7. The maximum Gasteiger partial charge on any atom is 0.455 e. The van der Waals surface area contributed by atoms with Crippen molar-refractivity contribution in [3.05, 3.63) is 126 Å². The number of rotatable bonds is 8. The van der Waals surface area contributed by atoms with E-state index in [4.69, 9.17) is 4.74 Å². The molecular formula is C36H29N2O6S+. The van der Waals surface area contributed by atoms with E-state index in [0.29, 0.717) is 22.4 Å². The van der Waals surface area contributed by atoms with E-state index in [0.717, 1.165) is 39.2 Å². The molecule has 224 valence electrons. The van der Waals surface area contributed by atoms with Crippen molar-refractivity contribution in [2.24, 2.45) is 0 Å². The Morgan fingerprint density at radius 1 is 0.778 bits per heavy atom. The zero-order chi connectivity index (χ0) is 31.2. The van der Waals surface area contributed by atoms with E-state index < -0.39 is 21.5 Å². The third-order valence-corrected chi connectivity index (χ3v) is 9.04. The van der Waals surface area contributed by atoms with Gasteiger partial charge in [-0.2, -0.15) is 0 Å². The molecule has 5 aromatic rings. The van der Waals surface area contributed by atoms with E-state index in [1.165, 1.54) is 0 Å². The molecule has 0 aliphatic carbocycles. The molecule has 2 aliphatic heterocycles. The molecule has 0 fully saturated rings. The van der Waals surface area contributed by atoms with Gasteiger partial charge in [-0.3, -0.25) is 0 Å². The van der Waals surface area contributed by atoms with Crippen molar-refractivity contribution in [1.82, 2.24) is 0 Å². The fourth-order valence-corrected chi connectivity index (χ4v) is 6.84. The Morgan fingerprint density at radius 2 is 1.38 bits per heavy atom. The van der Waals surface area contributed by atoms with Gasteiger partial charge in [0.15, 0.2) is 12.4 Å². The highest BCUT2D eigenvalue weighted by Crippen LogP contribution is 2.47. The van der Waals surface area contributed by atoms with Crippen molar-refractivity contribution < 1.29 is 37.1 Å². The molecule has 2 aliphatic rings. The van der Waals surface area contributed by atoms with Crippen molar-refractivity contribution in [3.8, 4) is 51.2 Å². The van der Waals surface area contributed by atoms with Crippen molar-refractivity contribution >= 4 is 10.1 Å². The van der Waals surface area contributed by atoms with Crippen molar-refractivity contribution in [2.45, 2.75) is 25.3 Å². The molecule has 0 saturated heterocycles. The first kappa shape index (κ1) is 28.9. The van der Waals surface area contributed by atoms with Crippen LogP contribution in [0.4, 0.5) is 0 Å². The summed E-state index contributed by atoms with van der Waals surface area (Å²) in [6.45, 7) is -0.143. The average molecular weight is 618 g/mol. The Hall–Kier alpha value is -4.85. The Labute approximate surface area is 261 Å². The summed E-state index contributed by atoms with van der Waals surface area (Å²) >= 11 is 0. The van der Waals surface area contributed by atoms with Gasteiger partial charge in [0, 0.05) is 35.6 Å². The molecule has 0 atom stereocenters. The fraction of sp³-hybridized carbons (Fsp3) is 0.167. The minimum Gasteiger partial charge on any atom is -0.748 e. The molecule has 0 saturated carbocycles. The van der Waals surface area contributed by atoms with Crippen LogP contribution in [-0.4, -0.2) is 35.5 Å². The standard InChI is InChI=1S/C36H29N2O6S/c39-23-26-18-25(19-27(20-26)24-40)12-13-36-35-31(33-6-1-3-14-37(33)36)21-29(22-32(35)34-7-2-4-15-38(34)36)28-8-10-30(11-9-28)44-16-5-17-45(41,42)43/h1-4,6-11,14-15,18-22,39-40H,5,16-17,23-24H2/q+1. The number of benzene rings is 3. The van der Waals surface area contributed by atoms with Crippen LogP contribution in [0, 0.1) is 11.8 Å². The lowest BCUT2D eigenvalue weighted by Crippen LogP contribution is -2.70. The van der Waals surface area contributed by atoms with Crippen LogP contribution in [0.3, 0.4) is 0 Å². The number of aliphatic hydroxyl groups excluding tert-OH is 2. The number of nitrogens with zero attached hydrogens (tertiary/aromatic N) is 2. The molecule has 9 heteroatoms. The van der Waals surface area contributed by atoms with Crippen molar-refractivity contribution in [2.75, 3.05) is 12.4 Å². The minimum absolute atomic E-state index is 0.135. The predicted molar refractivity (Wildman–Crippen MR) is 165 cm³/mol. The lowest BCUT2D eigenvalue weighted by Gasteiger charge is -2.11. The largest absolute Gasteiger partial charge is 0.748 e. The second-order valence-electron chi connectivity index (χ2n) is 11.1. The van der Waals surface area contributed by atoms with Crippen LogP contribution in [0.15, 0.2) is 103 Å². The maximum atomic E-state index is 10.9. The second-order valence-corrected chi connectivity index (χ2v) is 12.6. The van der Waals surface area contributed by atoms with Crippen LogP contribution in [0.5, 0.6) is 5.75 Å². The number of hydrogen-bond acceptors (Lipinski definition) is 6. The maximum absolute atomic E-state index is 10.9. The summed E-state index contributed by atoms with van der Waals surface area (Å²) < 4.78 is 42.7. The van der Waals surface area contributed by atoms with Crippen LogP contribution in [0.25, 0.3) is 33.6 Å². The van der Waals surface area contributed by atoms with Gasteiger partial charge in [-0.25, -0.2) is 8.42 Å². The minimum atomic E-state index is -4.26. The lowest BCUT2D eigenvalue weighted by atomic mass is 9.90. The number of hydrogen-bond donors (Lipinski definition) is 2. The van der Waals surface area contributed by atoms with Crippen LogP contribution >= 0.6 is 0 Å². The average Bonchev–Trinajstić information content (AvgIpc) is 3.51. The SMILES string of the molecule is O=S(=O)([O-])CCCOc1ccc(-c2cc3c4c(c2)-c2cccc[n+]2C4(C#Cc2cc(CO)cc(CO)c2)[n+]2ccccc2-3)cc1. The summed E-state index contributed by atoms with van der Waals surface area (Å²) in [4.78, 5) is 0. The highest BCUT2D eigenvalue weighted by Gasteiger charge is 2.65. The summed E-state index contributed by atoms with van der Waals surface area (Å²) in [6.07, 6.45) is 4.24. The Balaban J connectivity index is 1.34. The number of fused-ring (bicyclic) bond motifs is 6. The van der Waals surface area contributed by atoms with E-state index in [1.54, 1.807) is 6.07 Å². The number of pyridine rings is 2. The third kappa shape index (κ3) is 5.08. The molecule has 7 rings (SSSR count). The normalized spacial score (nSPS) is 13.4. The fourth-order valence-electron chi connectivity index (χ4n) is 6.36. The predicted octanol–water partition coefficient (Wildman–Crippen LogP) is 3.49. The number of ether oxygens (including phenoxy) is 1. The molecule has 3 aromatic carbocycles. The molecule has 8 nitrogen and oxygen atoms in total. The topological polar surface area (TPSA) is 115 Å². The Kier molecular flexibility index (Phi) is 7.23. The number of aliphatic hydroxyl groups is 2. The van der Waals surface area contributed by atoms with E-state index in [1.807, 2.05) is 60.7 Å². The van der Waals surface area contributed by atoms with Crippen LogP contribution in [0.1, 0.15) is 28.7 Å². The summed E-state index contributed by atoms with van der Waals surface area (Å²) in [5.41, 5.74) is 8.55. The Morgan fingerprint density at radius 3 is 1.93 bits per heavy atom. The van der Waals surface area contributed by atoms with Gasteiger partial charge in [0.25, 0.3) is 0 Å². The van der Waals surface area contributed by atoms with Gasteiger partial charge in [0.2, 0.25) is 11.4 Å². The molecule has 0 bridgehead atoms. The molecule has 45 heavy (non-hydrogen) atoms. The first-order chi connectivity index (χ1) is 21.8. The van der Waals surface area contributed by atoms with Crippen molar-refractivity contribution in [1.29, 1.82) is 0 Å². The highest BCUT2D eigenvalue weighted by molar-refractivity contribution is 7.85. The van der Waals surface area contributed by atoms with Gasteiger partial charge >= 0.3 is 5.66 Å². The van der Waals surface area contributed by atoms with Gasteiger partial charge in [0.05, 0.1) is 47.0 Å². The molecule has 2 aromatic heterocycles. The monoisotopic (exact) mass is 617 g/mol. The van der Waals surface area contributed by atoms with Gasteiger partial charge < -0.3 is 19.5 Å². The van der Waals surface area contributed by atoms with Gasteiger partial charge in [-0.05, 0) is 77.2 Å². The summed E-state index contributed by atoms with van der Waals surface area (Å²) in [7, 11) is -4.26. The van der Waals surface area contributed by atoms with E-state index >= 15 is 0 Å². The van der Waals surface area contributed by atoms with Crippen molar-refractivity contribution in [3.63, 3.8) is 0 Å². The quantitative estimate of drug-likeness (QED) is 0.119. The molecule has 0 spiro atoms. The number of aromatic nitrogens is 2. The summed E-state index contributed by atoms with van der Waals surface area (Å²) in [5.74, 6) is 7.15. The van der Waals surface area contributed by atoms with Crippen LogP contribution in [-0.2, 0) is 29.0 Å². The van der Waals surface area contributed by atoms with E-state index in [2.05, 4.69) is 57.6 Å². The lowest BCUT2D eigenvalue weighted by molar-refractivity contribution is -0.950.